The van der Waals surface area contributed by atoms with Crippen molar-refractivity contribution in [2.75, 3.05) is 0 Å². The van der Waals surface area contributed by atoms with E-state index in [0.29, 0.717) is 11.0 Å². The van der Waals surface area contributed by atoms with Crippen molar-refractivity contribution in [2.24, 2.45) is 11.7 Å². The second kappa shape index (κ2) is 7.96. The quantitative estimate of drug-likeness (QED) is 0.694. The van der Waals surface area contributed by atoms with E-state index in [1.165, 1.54) is 17.3 Å². The van der Waals surface area contributed by atoms with Gasteiger partial charge in [0, 0.05) is 5.56 Å². The van der Waals surface area contributed by atoms with Crippen LogP contribution < -0.4 is 11.1 Å². The molecule has 1 aromatic carbocycles. The molecule has 24 heavy (non-hydrogen) atoms. The Labute approximate surface area is 144 Å². The maximum atomic E-state index is 12.0. The van der Waals surface area contributed by atoms with Crippen LogP contribution in [0.1, 0.15) is 26.3 Å². The van der Waals surface area contributed by atoms with Gasteiger partial charge in [-0.3, -0.25) is 15.2 Å². The molecule has 4 N–H and O–H groups in total. The summed E-state index contributed by atoms with van der Waals surface area (Å²) in [5, 5.41) is 9.07. The van der Waals surface area contributed by atoms with Gasteiger partial charge in [0.1, 0.15) is 0 Å². The topological polar surface area (TPSA) is 114 Å². The predicted molar refractivity (Wildman–Crippen MR) is 93.4 cm³/mol. The van der Waals surface area contributed by atoms with E-state index in [1.54, 1.807) is 0 Å². The second-order valence-electron chi connectivity index (χ2n) is 5.65. The van der Waals surface area contributed by atoms with E-state index >= 15 is 0 Å². The minimum atomic E-state index is -0.863. The fourth-order valence-corrected chi connectivity index (χ4v) is 3.03. The minimum Gasteiger partial charge on any atom is -0.351 e. The molecule has 0 unspecified atom stereocenters. The first kappa shape index (κ1) is 18.0. The molecule has 0 radical (unpaired) electrons. The van der Waals surface area contributed by atoms with E-state index in [1.807, 2.05) is 38.1 Å². The molecular formula is C16H21N5O2S. The predicted octanol–water partition coefficient (Wildman–Crippen LogP) is 2.35. The Hall–Kier alpha value is -2.35. The molecule has 128 valence electrons. The Morgan fingerprint density at radius 3 is 2.50 bits per heavy atom. The molecule has 1 heterocycles. The summed E-state index contributed by atoms with van der Waals surface area (Å²) in [7, 11) is 0. The summed E-state index contributed by atoms with van der Waals surface area (Å²) in [6, 6.07) is 7.18. The van der Waals surface area contributed by atoms with Crippen LogP contribution in [0.4, 0.5) is 4.79 Å². The third kappa shape index (κ3) is 4.58. The van der Waals surface area contributed by atoms with E-state index in [9.17, 15) is 9.59 Å². The number of hydrogen-bond donors (Lipinski definition) is 3. The fraction of sp³-hybridized carbons (Fsp3) is 0.375. The van der Waals surface area contributed by atoms with Crippen LogP contribution >= 0.6 is 11.8 Å². The second-order valence-corrected chi connectivity index (χ2v) is 6.76. The van der Waals surface area contributed by atoms with Gasteiger partial charge in [-0.25, -0.2) is 9.78 Å². The maximum Gasteiger partial charge on any atom is 0.318 e. The molecule has 0 aliphatic carbocycles. The highest BCUT2D eigenvalue weighted by Gasteiger charge is 2.26. The van der Waals surface area contributed by atoms with Crippen molar-refractivity contribution in [3.05, 3.63) is 29.8 Å². The van der Waals surface area contributed by atoms with Gasteiger partial charge < -0.3 is 5.73 Å². The number of carbonyl (C=O) groups is 2. The Morgan fingerprint density at radius 2 is 1.96 bits per heavy atom. The molecule has 8 heteroatoms. The van der Waals surface area contributed by atoms with Gasteiger partial charge in [0.15, 0.2) is 5.82 Å². The molecule has 0 aliphatic heterocycles. The largest absolute Gasteiger partial charge is 0.351 e. The number of aromatic amines is 1. The molecule has 0 bridgehead atoms. The average Bonchev–Trinajstić information content (AvgIpc) is 3.00. The van der Waals surface area contributed by atoms with Gasteiger partial charge in [0.05, 0.1) is 5.25 Å². The Kier molecular flexibility index (Phi) is 5.97. The molecule has 0 spiro atoms. The van der Waals surface area contributed by atoms with Crippen LogP contribution in [0, 0.1) is 5.92 Å². The van der Waals surface area contributed by atoms with Gasteiger partial charge in [0.2, 0.25) is 11.1 Å². The molecule has 0 saturated heterocycles. The summed E-state index contributed by atoms with van der Waals surface area (Å²) in [4.78, 5) is 27.3. The molecule has 0 saturated carbocycles. The number of amides is 3. The van der Waals surface area contributed by atoms with Crippen molar-refractivity contribution >= 4 is 23.7 Å². The van der Waals surface area contributed by atoms with Crippen LogP contribution in [0.15, 0.2) is 29.4 Å². The van der Waals surface area contributed by atoms with Crippen molar-refractivity contribution in [1.82, 2.24) is 20.5 Å². The van der Waals surface area contributed by atoms with E-state index < -0.39 is 17.2 Å². The summed E-state index contributed by atoms with van der Waals surface area (Å²) < 4.78 is 0. The van der Waals surface area contributed by atoms with Crippen LogP contribution in [0.3, 0.4) is 0 Å². The Balaban J connectivity index is 2.13. The van der Waals surface area contributed by atoms with Gasteiger partial charge in [-0.1, -0.05) is 56.8 Å². The lowest BCUT2D eigenvalue weighted by atomic mass is 10.1. The zero-order chi connectivity index (χ0) is 17.7. The number of nitrogens with zero attached hydrogens (tertiary/aromatic N) is 2. The van der Waals surface area contributed by atoms with Gasteiger partial charge in [-0.2, -0.15) is 0 Å². The monoisotopic (exact) mass is 347 g/mol. The summed E-state index contributed by atoms with van der Waals surface area (Å²) in [6.07, 6.45) is 0.975. The van der Waals surface area contributed by atoms with Crippen LogP contribution in [0.2, 0.25) is 0 Å². The number of nitrogens with one attached hydrogen (secondary N) is 2. The zero-order valence-electron chi connectivity index (χ0n) is 13.9. The van der Waals surface area contributed by atoms with Gasteiger partial charge >= 0.3 is 6.03 Å². The van der Waals surface area contributed by atoms with Crippen molar-refractivity contribution in [1.29, 1.82) is 0 Å². The summed E-state index contributed by atoms with van der Waals surface area (Å²) in [6.45, 7) is 5.87. The summed E-state index contributed by atoms with van der Waals surface area (Å²) in [5.74, 6) is 0.180. The van der Waals surface area contributed by atoms with Gasteiger partial charge in [-0.05, 0) is 17.9 Å². The van der Waals surface area contributed by atoms with E-state index in [0.717, 1.165) is 12.0 Å². The molecular weight excluding hydrogens is 326 g/mol. The number of thioether (sulfide) groups is 1. The molecule has 7 nitrogen and oxygen atoms in total. The first-order valence-electron chi connectivity index (χ1n) is 7.69. The molecule has 0 aliphatic rings. The minimum absolute atomic E-state index is 0.0138. The average molecular weight is 347 g/mol. The van der Waals surface area contributed by atoms with Crippen LogP contribution in [0.5, 0.6) is 0 Å². The first-order valence-corrected chi connectivity index (χ1v) is 8.57. The number of H-pyrrole nitrogens is 1. The highest BCUT2D eigenvalue weighted by atomic mass is 32.2. The van der Waals surface area contributed by atoms with Crippen LogP contribution in [0.25, 0.3) is 11.4 Å². The van der Waals surface area contributed by atoms with Crippen LogP contribution in [-0.2, 0) is 11.2 Å². The zero-order valence-corrected chi connectivity index (χ0v) is 14.7. The summed E-state index contributed by atoms with van der Waals surface area (Å²) in [5.41, 5.74) is 7.18. The fourth-order valence-electron chi connectivity index (χ4n) is 2.13. The number of primary amides is 1. The van der Waals surface area contributed by atoms with Crippen LogP contribution in [-0.4, -0.2) is 32.4 Å². The standard InChI is InChI=1S/C16H21N5O2S/c1-4-10-5-7-11(8-6-10)13-18-16(21-20-13)24-12(9(2)3)14(22)19-15(17)23/h5-9,12H,4H2,1-3H3,(H,18,20,21)(H3,17,19,22,23)/t12-/m0/s1. The SMILES string of the molecule is CCc1ccc(-c2nc(S[C@H](C(=O)NC(N)=O)C(C)C)n[nH]2)cc1. The normalized spacial score (nSPS) is 12.2. The molecule has 1 atom stereocenters. The summed E-state index contributed by atoms with van der Waals surface area (Å²) >= 11 is 1.20. The lowest BCUT2D eigenvalue weighted by Gasteiger charge is -2.16. The number of imide groups is 1. The number of benzene rings is 1. The number of hydrogen-bond acceptors (Lipinski definition) is 5. The third-order valence-electron chi connectivity index (χ3n) is 3.44. The Bertz CT molecular complexity index is 712. The number of aryl methyl sites for hydroxylation is 1. The van der Waals surface area contributed by atoms with Crippen molar-refractivity contribution < 1.29 is 9.59 Å². The number of carbonyl (C=O) groups excluding carboxylic acids is 2. The third-order valence-corrected chi connectivity index (χ3v) is 4.85. The van der Waals surface area contributed by atoms with E-state index in [2.05, 4.69) is 27.4 Å². The molecule has 0 fully saturated rings. The number of aromatic nitrogens is 3. The van der Waals surface area contributed by atoms with E-state index in [4.69, 9.17) is 5.73 Å². The lowest BCUT2D eigenvalue weighted by Crippen LogP contribution is -2.42. The number of nitrogens with two attached hydrogens (primary N) is 1. The first-order chi connectivity index (χ1) is 11.4. The lowest BCUT2D eigenvalue weighted by molar-refractivity contribution is -0.120. The van der Waals surface area contributed by atoms with Gasteiger partial charge in [-0.15, -0.1) is 5.10 Å². The highest BCUT2D eigenvalue weighted by Crippen LogP contribution is 2.27. The maximum absolute atomic E-state index is 12.0. The van der Waals surface area contributed by atoms with E-state index in [-0.39, 0.29) is 5.92 Å². The molecule has 1 aromatic heterocycles. The smallest absolute Gasteiger partial charge is 0.318 e. The van der Waals surface area contributed by atoms with Crippen molar-refractivity contribution in [2.45, 2.75) is 37.6 Å². The van der Waals surface area contributed by atoms with Crippen molar-refractivity contribution in [3.8, 4) is 11.4 Å². The van der Waals surface area contributed by atoms with Crippen molar-refractivity contribution in [3.63, 3.8) is 0 Å². The molecule has 2 rings (SSSR count). The molecule has 2 aromatic rings. The molecule has 3 amide bonds. The highest BCUT2D eigenvalue weighted by molar-refractivity contribution is 8.00. The Morgan fingerprint density at radius 1 is 1.29 bits per heavy atom. The van der Waals surface area contributed by atoms with Gasteiger partial charge in [0.25, 0.3) is 0 Å². The number of urea groups is 1. The number of rotatable bonds is 6.